The molecule has 0 saturated carbocycles. The minimum Gasteiger partial charge on any atom is -0.368 e. The molecular formula is C6H13NO3S. The highest BCUT2D eigenvalue weighted by atomic mass is 32.2. The molecular weight excluding hydrogens is 166 g/mol. The fraction of sp³-hybridized carbons (Fsp3) is 0.833. The number of hydrogen-bond acceptors (Lipinski definition) is 3. The van der Waals surface area contributed by atoms with Crippen molar-refractivity contribution < 1.29 is 13.2 Å². The molecule has 0 fully saturated rings. The normalized spacial score (nSPS) is 17.4. The third-order valence-corrected chi connectivity index (χ3v) is 4.14. The van der Waals surface area contributed by atoms with Crippen LogP contribution in [0.25, 0.3) is 0 Å². The third kappa shape index (κ3) is 1.71. The van der Waals surface area contributed by atoms with Crippen LogP contribution in [0.1, 0.15) is 20.3 Å². The van der Waals surface area contributed by atoms with Gasteiger partial charge in [-0.2, -0.15) is 0 Å². The SMILES string of the molecule is CCC(C)(C(N)=O)S(C)(=O)=O. The van der Waals surface area contributed by atoms with Gasteiger partial charge < -0.3 is 5.73 Å². The molecule has 2 N–H and O–H groups in total. The van der Waals surface area contributed by atoms with Gasteiger partial charge in [-0.15, -0.1) is 0 Å². The lowest BCUT2D eigenvalue weighted by atomic mass is 10.1. The summed E-state index contributed by atoms with van der Waals surface area (Å²) in [4.78, 5) is 10.7. The van der Waals surface area contributed by atoms with Gasteiger partial charge in [-0.3, -0.25) is 4.79 Å². The molecule has 0 aliphatic rings. The highest BCUT2D eigenvalue weighted by molar-refractivity contribution is 7.92. The van der Waals surface area contributed by atoms with E-state index < -0.39 is 20.5 Å². The number of rotatable bonds is 3. The molecule has 4 nitrogen and oxygen atoms in total. The van der Waals surface area contributed by atoms with Gasteiger partial charge in [-0.25, -0.2) is 8.42 Å². The highest BCUT2D eigenvalue weighted by Crippen LogP contribution is 2.19. The number of amides is 1. The van der Waals surface area contributed by atoms with Gasteiger partial charge in [0.05, 0.1) is 0 Å². The Bertz CT molecular complexity index is 257. The smallest absolute Gasteiger partial charge is 0.238 e. The first-order valence-electron chi connectivity index (χ1n) is 3.25. The maximum absolute atomic E-state index is 11.0. The maximum atomic E-state index is 11.0. The molecule has 0 aromatic rings. The predicted molar refractivity (Wildman–Crippen MR) is 42.7 cm³/mol. The molecule has 0 spiro atoms. The van der Waals surface area contributed by atoms with E-state index in [1.165, 1.54) is 6.92 Å². The van der Waals surface area contributed by atoms with Crippen molar-refractivity contribution in [2.45, 2.75) is 25.0 Å². The van der Waals surface area contributed by atoms with E-state index in [1.807, 2.05) is 0 Å². The summed E-state index contributed by atoms with van der Waals surface area (Å²) in [7, 11) is -3.39. The fourth-order valence-electron chi connectivity index (χ4n) is 0.619. The van der Waals surface area contributed by atoms with Crippen molar-refractivity contribution in [3.63, 3.8) is 0 Å². The molecule has 0 rings (SSSR count). The molecule has 0 aliphatic heterocycles. The van der Waals surface area contributed by atoms with Crippen LogP contribution in [0, 0.1) is 0 Å². The first kappa shape index (κ1) is 10.4. The number of nitrogens with two attached hydrogens (primary N) is 1. The van der Waals surface area contributed by atoms with E-state index in [0.29, 0.717) is 0 Å². The zero-order valence-corrected chi connectivity index (χ0v) is 7.73. The van der Waals surface area contributed by atoms with Crippen LogP contribution in [0.4, 0.5) is 0 Å². The minimum atomic E-state index is -3.39. The standard InChI is InChI=1S/C6H13NO3S/c1-4-6(2,5(7)8)11(3,9)10/h4H2,1-3H3,(H2,7,8). The van der Waals surface area contributed by atoms with E-state index >= 15 is 0 Å². The number of carbonyl (C=O) groups is 1. The largest absolute Gasteiger partial charge is 0.368 e. The summed E-state index contributed by atoms with van der Waals surface area (Å²) in [5.41, 5.74) is 4.95. The molecule has 0 aromatic carbocycles. The lowest BCUT2D eigenvalue weighted by molar-refractivity contribution is -0.120. The monoisotopic (exact) mass is 179 g/mol. The Labute approximate surface area is 66.7 Å². The topological polar surface area (TPSA) is 77.2 Å². The van der Waals surface area contributed by atoms with Crippen molar-refractivity contribution in [2.75, 3.05) is 6.26 Å². The van der Waals surface area contributed by atoms with Crippen LogP contribution in [-0.2, 0) is 14.6 Å². The van der Waals surface area contributed by atoms with Gasteiger partial charge in [0.15, 0.2) is 9.84 Å². The molecule has 66 valence electrons. The Balaban J connectivity index is 5.09. The second-order valence-corrected chi connectivity index (χ2v) is 5.17. The van der Waals surface area contributed by atoms with Crippen LogP contribution in [0.2, 0.25) is 0 Å². The summed E-state index contributed by atoms with van der Waals surface area (Å²) in [5.74, 6) is -0.789. The zero-order valence-electron chi connectivity index (χ0n) is 6.92. The van der Waals surface area contributed by atoms with Crippen molar-refractivity contribution >= 4 is 15.7 Å². The summed E-state index contributed by atoms with van der Waals surface area (Å²) in [5, 5.41) is 0. The van der Waals surface area contributed by atoms with Gasteiger partial charge >= 0.3 is 0 Å². The Kier molecular flexibility index (Phi) is 2.66. The second-order valence-electron chi connectivity index (χ2n) is 2.72. The average molecular weight is 179 g/mol. The Hall–Kier alpha value is -0.580. The summed E-state index contributed by atoms with van der Waals surface area (Å²) in [6.07, 6.45) is 1.22. The van der Waals surface area contributed by atoms with Crippen molar-refractivity contribution in [1.82, 2.24) is 0 Å². The lowest BCUT2D eigenvalue weighted by Crippen LogP contribution is -2.46. The lowest BCUT2D eigenvalue weighted by Gasteiger charge is -2.21. The van der Waals surface area contributed by atoms with E-state index in [4.69, 9.17) is 5.73 Å². The van der Waals surface area contributed by atoms with Gasteiger partial charge in [-0.05, 0) is 13.3 Å². The molecule has 11 heavy (non-hydrogen) atoms. The molecule has 1 atom stereocenters. The number of primary amides is 1. The molecule has 0 saturated heterocycles. The van der Waals surface area contributed by atoms with Crippen LogP contribution in [-0.4, -0.2) is 25.3 Å². The van der Waals surface area contributed by atoms with Gasteiger partial charge in [0.2, 0.25) is 5.91 Å². The van der Waals surface area contributed by atoms with Crippen LogP contribution in [0.15, 0.2) is 0 Å². The molecule has 0 radical (unpaired) electrons. The Morgan fingerprint density at radius 1 is 1.55 bits per heavy atom. The van der Waals surface area contributed by atoms with Gasteiger partial charge in [0, 0.05) is 6.26 Å². The predicted octanol–water partition coefficient (Wildman–Crippen LogP) is -0.315. The van der Waals surface area contributed by atoms with Crippen molar-refractivity contribution in [2.24, 2.45) is 5.73 Å². The van der Waals surface area contributed by atoms with Crippen LogP contribution in [0.3, 0.4) is 0 Å². The summed E-state index contributed by atoms with van der Waals surface area (Å²) in [6, 6.07) is 0. The van der Waals surface area contributed by atoms with E-state index in [1.54, 1.807) is 6.92 Å². The zero-order chi connectivity index (χ0) is 9.28. The number of hydrogen-bond donors (Lipinski definition) is 1. The first-order valence-corrected chi connectivity index (χ1v) is 5.14. The van der Waals surface area contributed by atoms with Gasteiger partial charge in [-0.1, -0.05) is 6.92 Å². The number of carbonyl (C=O) groups excluding carboxylic acids is 1. The molecule has 0 heterocycles. The average Bonchev–Trinajstić information content (AvgIpc) is 1.83. The second kappa shape index (κ2) is 2.81. The maximum Gasteiger partial charge on any atom is 0.238 e. The van der Waals surface area contributed by atoms with Gasteiger partial charge in [0.25, 0.3) is 0 Å². The van der Waals surface area contributed by atoms with Crippen molar-refractivity contribution in [3.8, 4) is 0 Å². The quantitative estimate of drug-likeness (QED) is 0.645. The summed E-state index contributed by atoms with van der Waals surface area (Å²) >= 11 is 0. The molecule has 0 aliphatic carbocycles. The summed E-state index contributed by atoms with van der Waals surface area (Å²) < 4.78 is 20.6. The fourth-order valence-corrected chi connectivity index (χ4v) is 1.51. The van der Waals surface area contributed by atoms with E-state index in [-0.39, 0.29) is 6.42 Å². The Morgan fingerprint density at radius 2 is 1.91 bits per heavy atom. The summed E-state index contributed by atoms with van der Waals surface area (Å²) in [6.45, 7) is 2.95. The first-order chi connectivity index (χ1) is 4.75. The van der Waals surface area contributed by atoms with Crippen molar-refractivity contribution in [1.29, 1.82) is 0 Å². The van der Waals surface area contributed by atoms with Crippen LogP contribution >= 0.6 is 0 Å². The van der Waals surface area contributed by atoms with Gasteiger partial charge in [0.1, 0.15) is 4.75 Å². The minimum absolute atomic E-state index is 0.209. The molecule has 1 unspecified atom stereocenters. The molecule has 1 amide bonds. The van der Waals surface area contributed by atoms with Crippen LogP contribution in [0.5, 0.6) is 0 Å². The molecule has 0 aromatic heterocycles. The Morgan fingerprint density at radius 3 is 1.91 bits per heavy atom. The van der Waals surface area contributed by atoms with Crippen LogP contribution < -0.4 is 5.73 Å². The molecule has 5 heteroatoms. The third-order valence-electron chi connectivity index (χ3n) is 2.01. The number of sulfone groups is 1. The highest BCUT2D eigenvalue weighted by Gasteiger charge is 2.39. The van der Waals surface area contributed by atoms with E-state index in [9.17, 15) is 13.2 Å². The van der Waals surface area contributed by atoms with E-state index in [2.05, 4.69) is 0 Å². The van der Waals surface area contributed by atoms with E-state index in [0.717, 1.165) is 6.26 Å². The molecule has 0 bridgehead atoms. The van der Waals surface area contributed by atoms with Crippen molar-refractivity contribution in [3.05, 3.63) is 0 Å².